The van der Waals surface area contributed by atoms with Crippen LogP contribution in [0.2, 0.25) is 0 Å². The van der Waals surface area contributed by atoms with E-state index >= 15 is 17.6 Å². The van der Waals surface area contributed by atoms with Crippen LogP contribution < -0.4 is 0 Å². The van der Waals surface area contributed by atoms with E-state index < -0.39 is 28.9 Å². The number of thiophene rings is 2. The predicted octanol–water partition coefficient (Wildman–Crippen LogP) is 8.54. The van der Waals surface area contributed by atoms with Crippen LogP contribution in [-0.2, 0) is 0 Å². The molecule has 1 aliphatic carbocycles. The summed E-state index contributed by atoms with van der Waals surface area (Å²) in [7, 11) is 0. The molecule has 1 aliphatic rings. The van der Waals surface area contributed by atoms with Crippen molar-refractivity contribution in [3.05, 3.63) is 68.9 Å². The molecule has 2 aromatic carbocycles. The number of rotatable bonds is 2. The summed E-state index contributed by atoms with van der Waals surface area (Å²) in [4.78, 5) is -0.540. The summed E-state index contributed by atoms with van der Waals surface area (Å²) in [5, 5.41) is 1.03. The second-order valence-corrected chi connectivity index (χ2v) is 10.0. The van der Waals surface area contributed by atoms with E-state index in [1.165, 1.54) is 13.8 Å². The highest BCUT2D eigenvalue weighted by atomic mass is 32.1. The van der Waals surface area contributed by atoms with Gasteiger partial charge in [0.05, 0.1) is 11.1 Å². The molecular formula is C25H14F6S2. The lowest BCUT2D eigenvalue weighted by Gasteiger charge is -2.25. The van der Waals surface area contributed by atoms with E-state index in [0.717, 1.165) is 22.7 Å². The molecule has 0 fully saturated rings. The molecule has 0 N–H and O–H groups in total. The van der Waals surface area contributed by atoms with Crippen LogP contribution in [0.3, 0.4) is 0 Å². The smallest absolute Gasteiger partial charge is 0.194 e. The van der Waals surface area contributed by atoms with Gasteiger partial charge in [0.25, 0.3) is 0 Å². The van der Waals surface area contributed by atoms with Gasteiger partial charge in [-0.05, 0) is 60.0 Å². The van der Waals surface area contributed by atoms with Crippen LogP contribution in [0, 0.1) is 26.2 Å². The van der Waals surface area contributed by atoms with Crippen LogP contribution in [0.1, 0.15) is 26.4 Å². The van der Waals surface area contributed by atoms with Gasteiger partial charge in [0.1, 0.15) is 0 Å². The first-order valence-corrected chi connectivity index (χ1v) is 11.4. The molecule has 8 heteroatoms. The van der Waals surface area contributed by atoms with E-state index in [0.29, 0.717) is 25.7 Å². The first-order chi connectivity index (χ1) is 15.4. The number of fused-ring (bicyclic) bond motifs is 2. The fourth-order valence-electron chi connectivity index (χ4n) is 4.30. The zero-order valence-corrected chi connectivity index (χ0v) is 18.8. The van der Waals surface area contributed by atoms with Gasteiger partial charge >= 0.3 is 17.8 Å². The van der Waals surface area contributed by atoms with Gasteiger partial charge in [0.2, 0.25) is 0 Å². The number of halogens is 6. The van der Waals surface area contributed by atoms with Gasteiger partial charge in [-0.2, -0.15) is 26.3 Å². The molecule has 0 spiro atoms. The number of alkyl halides is 6. The third-order valence-electron chi connectivity index (χ3n) is 6.07. The number of hydrogen-bond acceptors (Lipinski definition) is 2. The Balaban J connectivity index is 1.92. The minimum Gasteiger partial charge on any atom is -0.194 e. The molecule has 0 aliphatic heterocycles. The van der Waals surface area contributed by atoms with Crippen molar-refractivity contribution in [2.24, 2.45) is 0 Å². The van der Waals surface area contributed by atoms with Gasteiger partial charge in [-0.1, -0.05) is 24.1 Å². The summed E-state index contributed by atoms with van der Waals surface area (Å²) in [5.41, 5.74) is -1.66. The van der Waals surface area contributed by atoms with E-state index in [2.05, 4.69) is 5.92 Å². The second-order valence-electron chi connectivity index (χ2n) is 7.94. The van der Waals surface area contributed by atoms with Gasteiger partial charge in [-0.25, -0.2) is 0 Å². The van der Waals surface area contributed by atoms with Gasteiger partial charge in [0.15, 0.2) is 0 Å². The highest BCUT2D eigenvalue weighted by Crippen LogP contribution is 2.66. The molecule has 33 heavy (non-hydrogen) atoms. The third-order valence-corrected chi connectivity index (χ3v) is 8.65. The van der Waals surface area contributed by atoms with Crippen molar-refractivity contribution < 1.29 is 26.3 Å². The fourth-order valence-corrected chi connectivity index (χ4v) is 6.87. The van der Waals surface area contributed by atoms with Crippen LogP contribution in [0.5, 0.6) is 0 Å². The van der Waals surface area contributed by atoms with Crippen molar-refractivity contribution in [1.82, 2.24) is 0 Å². The van der Waals surface area contributed by atoms with Crippen molar-refractivity contribution in [2.75, 3.05) is 0 Å². The Morgan fingerprint density at radius 3 is 1.79 bits per heavy atom. The number of hydrogen-bond donors (Lipinski definition) is 0. The molecular weight excluding hydrogens is 478 g/mol. The van der Waals surface area contributed by atoms with Crippen molar-refractivity contribution in [3.63, 3.8) is 0 Å². The molecule has 0 bridgehead atoms. The molecule has 0 atom stereocenters. The molecule has 2 aromatic heterocycles. The van der Waals surface area contributed by atoms with Crippen LogP contribution in [-0.4, -0.2) is 17.8 Å². The van der Waals surface area contributed by atoms with Crippen LogP contribution in [0.25, 0.3) is 31.3 Å². The number of benzene rings is 2. The Kier molecular flexibility index (Phi) is 4.59. The zero-order valence-electron chi connectivity index (χ0n) is 17.2. The predicted molar refractivity (Wildman–Crippen MR) is 123 cm³/mol. The normalized spacial score (nSPS) is 18.9. The van der Waals surface area contributed by atoms with Crippen molar-refractivity contribution in [1.29, 1.82) is 0 Å². The quantitative estimate of drug-likeness (QED) is 0.194. The molecule has 5 rings (SSSR count). The Labute approximate surface area is 193 Å². The van der Waals surface area contributed by atoms with Gasteiger partial charge in [-0.15, -0.1) is 29.1 Å². The average Bonchev–Trinajstić information content (AvgIpc) is 3.30. The summed E-state index contributed by atoms with van der Waals surface area (Å²) in [6.07, 6.45) is 5.41. The first kappa shape index (κ1) is 22.1. The largest absolute Gasteiger partial charge is 0.380 e. The van der Waals surface area contributed by atoms with E-state index in [9.17, 15) is 8.78 Å². The standard InChI is InChI=1S/C25H14F6S2/c1-4-14-9-10-18-16(11-14)13(3)22(33-18)20-19(23(26,27)25(30,31)24(20,28)29)21-12(2)15-7-5-6-8-17(15)32-21/h1,5-11H,2-3H3. The monoisotopic (exact) mass is 492 g/mol. The van der Waals surface area contributed by atoms with Crippen molar-refractivity contribution in [2.45, 2.75) is 31.6 Å². The topological polar surface area (TPSA) is 0 Å². The highest BCUT2D eigenvalue weighted by Gasteiger charge is 2.80. The molecule has 0 amide bonds. The Bertz CT molecular complexity index is 1530. The molecule has 0 nitrogen and oxygen atoms in total. The fraction of sp³-hybridized carbons (Fsp3) is 0.200. The molecule has 4 aromatic rings. The Morgan fingerprint density at radius 2 is 1.24 bits per heavy atom. The maximum absolute atomic E-state index is 15.2. The highest BCUT2D eigenvalue weighted by molar-refractivity contribution is 7.21. The summed E-state index contributed by atoms with van der Waals surface area (Å²) in [6, 6.07) is 11.4. The third kappa shape index (κ3) is 2.72. The van der Waals surface area contributed by atoms with E-state index in [1.54, 1.807) is 42.5 Å². The van der Waals surface area contributed by atoms with Gasteiger partial charge < -0.3 is 0 Å². The van der Waals surface area contributed by atoms with Crippen LogP contribution >= 0.6 is 22.7 Å². The number of allylic oxidation sites excluding steroid dienone is 2. The van der Waals surface area contributed by atoms with E-state index in [4.69, 9.17) is 6.42 Å². The van der Waals surface area contributed by atoms with Gasteiger partial charge in [-0.3, -0.25) is 0 Å². The van der Waals surface area contributed by atoms with Crippen molar-refractivity contribution in [3.8, 4) is 12.3 Å². The molecule has 0 saturated heterocycles. The molecule has 0 saturated carbocycles. The van der Waals surface area contributed by atoms with E-state index in [1.807, 2.05) is 0 Å². The Hall–Kier alpha value is -2.76. The number of terminal acetylenes is 1. The zero-order chi connectivity index (χ0) is 23.9. The minimum absolute atomic E-state index is 0.214. The maximum atomic E-state index is 15.2. The first-order valence-electron chi connectivity index (χ1n) is 9.80. The Morgan fingerprint density at radius 1 is 0.727 bits per heavy atom. The minimum atomic E-state index is -5.58. The molecule has 0 radical (unpaired) electrons. The van der Waals surface area contributed by atoms with Gasteiger partial charge in [0, 0.05) is 24.7 Å². The summed E-state index contributed by atoms with van der Waals surface area (Å²) in [6.45, 7) is 2.95. The second kappa shape index (κ2) is 6.87. The van der Waals surface area contributed by atoms with Crippen LogP contribution in [0.4, 0.5) is 26.3 Å². The summed E-state index contributed by atoms with van der Waals surface area (Å²) < 4.78 is 91.4. The molecule has 0 unspecified atom stereocenters. The lowest BCUT2D eigenvalue weighted by molar-refractivity contribution is -0.254. The average molecular weight is 493 g/mol. The number of aryl methyl sites for hydroxylation is 2. The molecule has 168 valence electrons. The lowest BCUT2D eigenvalue weighted by atomic mass is 9.98. The van der Waals surface area contributed by atoms with E-state index in [-0.39, 0.29) is 20.9 Å². The lowest BCUT2D eigenvalue weighted by Crippen LogP contribution is -2.48. The van der Waals surface area contributed by atoms with Crippen LogP contribution in [0.15, 0.2) is 42.5 Å². The SMILES string of the molecule is C#Cc1ccc2sc(C3=C(c4sc5ccccc5c4C)C(F)(F)C(F)(F)C3(F)F)c(C)c2c1. The summed E-state index contributed by atoms with van der Waals surface area (Å²) in [5.74, 6) is -13.3. The van der Waals surface area contributed by atoms with Crippen molar-refractivity contribution >= 4 is 54.0 Å². The maximum Gasteiger partial charge on any atom is 0.380 e. The summed E-state index contributed by atoms with van der Waals surface area (Å²) >= 11 is 1.60. The molecule has 2 heterocycles.